The lowest BCUT2D eigenvalue weighted by Gasteiger charge is -2.09. The zero-order valence-electron chi connectivity index (χ0n) is 10.2. The summed E-state index contributed by atoms with van der Waals surface area (Å²) in [4.78, 5) is 11.2. The molecule has 2 nitrogen and oxygen atoms in total. The topological polar surface area (TPSA) is 29.1 Å². The SMILES string of the molecule is CC.Cc1cc(C)c2c(c1C)CC(=O)N2. The Hall–Kier alpha value is -1.31. The van der Waals surface area contributed by atoms with Crippen molar-refractivity contribution in [1.29, 1.82) is 0 Å². The normalized spacial score (nSPS) is 12.7. The molecule has 1 amide bonds. The van der Waals surface area contributed by atoms with Crippen molar-refractivity contribution >= 4 is 11.6 Å². The van der Waals surface area contributed by atoms with Gasteiger partial charge >= 0.3 is 0 Å². The van der Waals surface area contributed by atoms with Gasteiger partial charge in [0.1, 0.15) is 0 Å². The summed E-state index contributed by atoms with van der Waals surface area (Å²) in [6, 6.07) is 2.12. The monoisotopic (exact) mass is 205 g/mol. The number of fused-ring (bicyclic) bond motifs is 1. The van der Waals surface area contributed by atoms with Crippen LogP contribution in [0, 0.1) is 20.8 Å². The van der Waals surface area contributed by atoms with E-state index in [1.54, 1.807) is 0 Å². The average molecular weight is 205 g/mol. The lowest BCUT2D eigenvalue weighted by atomic mass is 9.98. The Bertz CT molecular complexity index is 394. The number of aryl methyl sites for hydroxylation is 2. The van der Waals surface area contributed by atoms with E-state index in [-0.39, 0.29) is 5.91 Å². The van der Waals surface area contributed by atoms with Gasteiger partial charge in [0.05, 0.1) is 6.42 Å². The van der Waals surface area contributed by atoms with Crippen LogP contribution in [0.3, 0.4) is 0 Å². The van der Waals surface area contributed by atoms with E-state index < -0.39 is 0 Å². The molecule has 2 heteroatoms. The maximum atomic E-state index is 11.2. The van der Waals surface area contributed by atoms with Crippen molar-refractivity contribution in [3.8, 4) is 0 Å². The Morgan fingerprint density at radius 1 is 1.13 bits per heavy atom. The first-order chi connectivity index (χ1) is 7.09. The summed E-state index contributed by atoms with van der Waals surface area (Å²) in [7, 11) is 0. The summed E-state index contributed by atoms with van der Waals surface area (Å²) >= 11 is 0. The van der Waals surface area contributed by atoms with E-state index >= 15 is 0 Å². The quantitative estimate of drug-likeness (QED) is 0.692. The fraction of sp³-hybridized carbons (Fsp3) is 0.462. The van der Waals surface area contributed by atoms with E-state index in [1.807, 2.05) is 20.8 Å². The van der Waals surface area contributed by atoms with Gasteiger partial charge in [0, 0.05) is 5.69 Å². The number of amides is 1. The molecule has 0 saturated carbocycles. The molecule has 0 aliphatic carbocycles. The standard InChI is InChI=1S/C11H13NO.C2H6/c1-6-4-7(2)11-9(8(6)3)5-10(13)12-11;1-2/h4H,5H2,1-3H3,(H,12,13);1-2H3. The molecule has 0 fully saturated rings. The molecule has 0 atom stereocenters. The summed E-state index contributed by atoms with van der Waals surface area (Å²) < 4.78 is 0. The van der Waals surface area contributed by atoms with Crippen molar-refractivity contribution < 1.29 is 4.79 Å². The Morgan fingerprint density at radius 3 is 2.33 bits per heavy atom. The fourth-order valence-electron chi connectivity index (χ4n) is 1.91. The highest BCUT2D eigenvalue weighted by Crippen LogP contribution is 2.31. The Labute approximate surface area is 91.7 Å². The summed E-state index contributed by atoms with van der Waals surface area (Å²) in [6.07, 6.45) is 0.545. The Kier molecular flexibility index (Phi) is 3.51. The third-order valence-electron chi connectivity index (χ3n) is 2.78. The summed E-state index contributed by atoms with van der Waals surface area (Å²) in [5.74, 6) is 0.117. The zero-order chi connectivity index (χ0) is 11.6. The Balaban J connectivity index is 0.000000531. The Morgan fingerprint density at radius 2 is 1.73 bits per heavy atom. The van der Waals surface area contributed by atoms with E-state index in [1.165, 1.54) is 22.3 Å². The van der Waals surface area contributed by atoms with Crippen molar-refractivity contribution in [3.05, 3.63) is 28.3 Å². The summed E-state index contributed by atoms with van der Waals surface area (Å²) in [5, 5.41) is 2.89. The molecule has 0 saturated heterocycles. The number of nitrogens with one attached hydrogen (secondary N) is 1. The van der Waals surface area contributed by atoms with E-state index in [9.17, 15) is 4.79 Å². The van der Waals surface area contributed by atoms with Crippen LogP contribution in [-0.2, 0) is 11.2 Å². The fourth-order valence-corrected chi connectivity index (χ4v) is 1.91. The molecule has 1 heterocycles. The van der Waals surface area contributed by atoms with Gasteiger partial charge in [-0.25, -0.2) is 0 Å². The molecule has 0 aromatic heterocycles. The van der Waals surface area contributed by atoms with Crippen LogP contribution < -0.4 is 5.32 Å². The van der Waals surface area contributed by atoms with Crippen LogP contribution >= 0.6 is 0 Å². The van der Waals surface area contributed by atoms with Gasteiger partial charge in [0.2, 0.25) is 5.91 Å². The third-order valence-corrected chi connectivity index (χ3v) is 2.78. The van der Waals surface area contributed by atoms with Gasteiger partial charge < -0.3 is 5.32 Å². The lowest BCUT2D eigenvalue weighted by molar-refractivity contribution is -0.115. The van der Waals surface area contributed by atoms with E-state index in [4.69, 9.17) is 0 Å². The van der Waals surface area contributed by atoms with Crippen LogP contribution in [0.4, 0.5) is 5.69 Å². The van der Waals surface area contributed by atoms with Crippen LogP contribution in [0.1, 0.15) is 36.1 Å². The molecule has 15 heavy (non-hydrogen) atoms. The molecular weight excluding hydrogens is 186 g/mol. The highest BCUT2D eigenvalue weighted by molar-refractivity contribution is 6.00. The molecular formula is C13H19NO. The number of carbonyl (C=O) groups excluding carboxylic acids is 1. The second-order valence-electron chi connectivity index (χ2n) is 3.71. The second-order valence-corrected chi connectivity index (χ2v) is 3.71. The van der Waals surface area contributed by atoms with Gasteiger partial charge in [-0.05, 0) is 43.0 Å². The summed E-state index contributed by atoms with van der Waals surface area (Å²) in [5.41, 5.74) is 5.91. The molecule has 2 rings (SSSR count). The van der Waals surface area contributed by atoms with Crippen molar-refractivity contribution in [2.75, 3.05) is 5.32 Å². The summed E-state index contributed by atoms with van der Waals surface area (Å²) in [6.45, 7) is 10.2. The molecule has 0 spiro atoms. The number of hydrogen-bond donors (Lipinski definition) is 1. The average Bonchev–Trinajstić information content (AvgIpc) is 2.61. The minimum absolute atomic E-state index is 0.117. The predicted molar refractivity (Wildman–Crippen MR) is 64.3 cm³/mol. The molecule has 0 unspecified atom stereocenters. The van der Waals surface area contributed by atoms with Gasteiger partial charge in [-0.15, -0.1) is 0 Å². The molecule has 0 radical (unpaired) electrons. The van der Waals surface area contributed by atoms with Crippen LogP contribution in [0.5, 0.6) is 0 Å². The minimum Gasteiger partial charge on any atom is -0.325 e. The van der Waals surface area contributed by atoms with Crippen molar-refractivity contribution in [3.63, 3.8) is 0 Å². The second kappa shape index (κ2) is 4.47. The van der Waals surface area contributed by atoms with E-state index in [2.05, 4.69) is 25.2 Å². The van der Waals surface area contributed by atoms with Crippen molar-refractivity contribution in [2.45, 2.75) is 41.0 Å². The highest BCUT2D eigenvalue weighted by atomic mass is 16.1. The predicted octanol–water partition coefficient (Wildman–Crippen LogP) is 3.13. The number of hydrogen-bond acceptors (Lipinski definition) is 1. The van der Waals surface area contributed by atoms with Crippen molar-refractivity contribution in [1.82, 2.24) is 0 Å². The molecule has 1 aromatic carbocycles. The van der Waals surface area contributed by atoms with Crippen LogP contribution in [0.2, 0.25) is 0 Å². The van der Waals surface area contributed by atoms with Gasteiger partial charge in [0.25, 0.3) is 0 Å². The third kappa shape index (κ3) is 2.04. The van der Waals surface area contributed by atoms with Gasteiger partial charge in [0.15, 0.2) is 0 Å². The number of carbonyl (C=O) groups is 1. The number of benzene rings is 1. The van der Waals surface area contributed by atoms with Crippen LogP contribution in [0.15, 0.2) is 6.07 Å². The largest absolute Gasteiger partial charge is 0.325 e. The molecule has 1 aliphatic heterocycles. The first kappa shape index (κ1) is 11.8. The van der Waals surface area contributed by atoms with E-state index in [0.717, 1.165) is 5.69 Å². The molecule has 1 aromatic rings. The number of rotatable bonds is 0. The van der Waals surface area contributed by atoms with Gasteiger partial charge in [-0.3, -0.25) is 4.79 Å². The molecule has 1 N–H and O–H groups in total. The molecule has 0 bridgehead atoms. The first-order valence-corrected chi connectivity index (χ1v) is 5.49. The van der Waals surface area contributed by atoms with E-state index in [0.29, 0.717) is 6.42 Å². The van der Waals surface area contributed by atoms with Crippen LogP contribution in [0.25, 0.3) is 0 Å². The first-order valence-electron chi connectivity index (χ1n) is 5.49. The van der Waals surface area contributed by atoms with Gasteiger partial charge in [-0.1, -0.05) is 19.9 Å². The smallest absolute Gasteiger partial charge is 0.228 e. The minimum atomic E-state index is 0.117. The van der Waals surface area contributed by atoms with Gasteiger partial charge in [-0.2, -0.15) is 0 Å². The molecule has 82 valence electrons. The molecule has 1 aliphatic rings. The highest BCUT2D eigenvalue weighted by Gasteiger charge is 2.21. The number of anilines is 1. The zero-order valence-corrected chi connectivity index (χ0v) is 10.2. The lowest BCUT2D eigenvalue weighted by Crippen LogP contribution is -2.04. The maximum Gasteiger partial charge on any atom is 0.228 e. The maximum absolute atomic E-state index is 11.2. The van der Waals surface area contributed by atoms with Crippen molar-refractivity contribution in [2.24, 2.45) is 0 Å². The van der Waals surface area contributed by atoms with Crippen LogP contribution in [-0.4, -0.2) is 5.91 Å².